The molecule has 0 aliphatic carbocycles. The standard InChI is InChI=1S/C29H34Cl2N2O5/c1-18(2)17-38-24-8-6-21(15-19(24)3)27(34)25-26(20-5-7-22(30)23(31)16-20)33(29(36)28(25)35)10-4-9-32-11-13-37-14-12-32/h5-8,15-16,18,26,34H,4,9-14,17H2,1-3H3/b27-25+/t26-/m1/s1. The number of ether oxygens (including phenoxy) is 2. The quantitative estimate of drug-likeness (QED) is 0.248. The number of carbonyl (C=O) groups is 2. The van der Waals surface area contributed by atoms with Gasteiger partial charge in [-0.2, -0.15) is 0 Å². The molecule has 0 bridgehead atoms. The van der Waals surface area contributed by atoms with Crippen LogP contribution in [-0.4, -0.2) is 72.6 Å². The number of hydrogen-bond donors (Lipinski definition) is 1. The molecule has 2 aliphatic heterocycles. The maximum Gasteiger partial charge on any atom is 0.295 e. The van der Waals surface area contributed by atoms with Gasteiger partial charge in [0.25, 0.3) is 11.7 Å². The minimum atomic E-state index is -0.786. The number of nitrogens with zero attached hydrogens (tertiary/aromatic N) is 2. The van der Waals surface area contributed by atoms with Gasteiger partial charge in [0.2, 0.25) is 0 Å². The molecule has 38 heavy (non-hydrogen) atoms. The normalized spacial score (nSPS) is 19.9. The van der Waals surface area contributed by atoms with E-state index in [1.807, 2.05) is 6.92 Å². The van der Waals surface area contributed by atoms with E-state index in [2.05, 4.69) is 18.7 Å². The molecule has 2 aromatic rings. The summed E-state index contributed by atoms with van der Waals surface area (Å²) in [5.74, 6) is -0.512. The summed E-state index contributed by atoms with van der Waals surface area (Å²) in [6, 6.07) is 9.49. The molecular weight excluding hydrogens is 527 g/mol. The second kappa shape index (κ2) is 12.5. The lowest BCUT2D eigenvalue weighted by Crippen LogP contribution is -2.38. The largest absolute Gasteiger partial charge is 0.507 e. The first-order valence-electron chi connectivity index (χ1n) is 12.9. The summed E-state index contributed by atoms with van der Waals surface area (Å²) >= 11 is 12.5. The minimum Gasteiger partial charge on any atom is -0.507 e. The fourth-order valence-electron chi connectivity index (χ4n) is 4.80. The van der Waals surface area contributed by atoms with Gasteiger partial charge in [-0.15, -0.1) is 0 Å². The highest BCUT2D eigenvalue weighted by molar-refractivity contribution is 6.46. The molecule has 2 aromatic carbocycles. The number of aliphatic hydroxyl groups is 1. The molecule has 1 atom stereocenters. The Morgan fingerprint density at radius 3 is 2.47 bits per heavy atom. The first-order valence-corrected chi connectivity index (χ1v) is 13.7. The van der Waals surface area contributed by atoms with E-state index in [1.165, 1.54) is 4.90 Å². The van der Waals surface area contributed by atoms with Crippen LogP contribution in [0, 0.1) is 12.8 Å². The highest BCUT2D eigenvalue weighted by atomic mass is 35.5. The number of ketones is 1. The number of aryl methyl sites for hydroxylation is 1. The Bertz CT molecular complexity index is 1220. The van der Waals surface area contributed by atoms with Crippen molar-refractivity contribution in [1.29, 1.82) is 0 Å². The van der Waals surface area contributed by atoms with Crippen LogP contribution < -0.4 is 4.74 Å². The van der Waals surface area contributed by atoms with Crippen LogP contribution in [0.25, 0.3) is 5.76 Å². The van der Waals surface area contributed by atoms with Crippen LogP contribution in [0.5, 0.6) is 5.75 Å². The third-order valence-corrected chi connectivity index (χ3v) is 7.54. The van der Waals surface area contributed by atoms with Crippen molar-refractivity contribution in [3.63, 3.8) is 0 Å². The molecule has 0 spiro atoms. The van der Waals surface area contributed by atoms with Gasteiger partial charge in [0.1, 0.15) is 11.5 Å². The summed E-state index contributed by atoms with van der Waals surface area (Å²) < 4.78 is 11.3. The van der Waals surface area contributed by atoms with Crippen molar-refractivity contribution < 1.29 is 24.2 Å². The summed E-state index contributed by atoms with van der Waals surface area (Å²) in [6.45, 7) is 10.8. The molecule has 2 saturated heterocycles. The van der Waals surface area contributed by atoms with Crippen molar-refractivity contribution in [2.45, 2.75) is 33.2 Å². The number of Topliss-reactive ketones (excluding diaryl/α,β-unsaturated/α-hetero) is 1. The zero-order valence-electron chi connectivity index (χ0n) is 22.0. The molecule has 2 heterocycles. The predicted octanol–water partition coefficient (Wildman–Crippen LogP) is 5.48. The highest BCUT2D eigenvalue weighted by Gasteiger charge is 2.46. The molecule has 1 N–H and O–H groups in total. The molecule has 0 saturated carbocycles. The number of carbonyl (C=O) groups excluding carboxylic acids is 2. The zero-order valence-corrected chi connectivity index (χ0v) is 23.5. The summed E-state index contributed by atoms with van der Waals surface area (Å²) in [6.07, 6.45) is 0.672. The lowest BCUT2D eigenvalue weighted by molar-refractivity contribution is -0.140. The van der Waals surface area contributed by atoms with E-state index in [-0.39, 0.29) is 11.3 Å². The van der Waals surface area contributed by atoms with E-state index in [9.17, 15) is 14.7 Å². The average molecular weight is 562 g/mol. The van der Waals surface area contributed by atoms with Gasteiger partial charge in [0, 0.05) is 31.7 Å². The van der Waals surface area contributed by atoms with Crippen LogP contribution >= 0.6 is 23.2 Å². The average Bonchev–Trinajstić information content (AvgIpc) is 3.14. The molecule has 7 nitrogen and oxygen atoms in total. The lowest BCUT2D eigenvalue weighted by Gasteiger charge is -2.29. The highest BCUT2D eigenvalue weighted by Crippen LogP contribution is 2.41. The molecule has 9 heteroatoms. The molecule has 204 valence electrons. The summed E-state index contributed by atoms with van der Waals surface area (Å²) in [5.41, 5.74) is 1.91. The Labute approximate surface area is 233 Å². The van der Waals surface area contributed by atoms with Crippen molar-refractivity contribution in [1.82, 2.24) is 9.80 Å². The Kier molecular flexibility index (Phi) is 9.36. The Balaban J connectivity index is 1.68. The second-order valence-corrected chi connectivity index (χ2v) is 11.0. The van der Waals surface area contributed by atoms with Gasteiger partial charge in [-0.3, -0.25) is 14.5 Å². The monoisotopic (exact) mass is 560 g/mol. The van der Waals surface area contributed by atoms with Crippen LogP contribution in [0.4, 0.5) is 0 Å². The predicted molar refractivity (Wildman–Crippen MR) is 149 cm³/mol. The van der Waals surface area contributed by atoms with Crippen LogP contribution in [-0.2, 0) is 14.3 Å². The van der Waals surface area contributed by atoms with Crippen molar-refractivity contribution in [2.75, 3.05) is 46.0 Å². The van der Waals surface area contributed by atoms with E-state index in [0.717, 1.165) is 25.2 Å². The van der Waals surface area contributed by atoms with E-state index in [0.29, 0.717) is 65.6 Å². The molecule has 2 fully saturated rings. The van der Waals surface area contributed by atoms with E-state index < -0.39 is 17.7 Å². The number of benzene rings is 2. The molecule has 4 rings (SSSR count). The molecule has 0 unspecified atom stereocenters. The molecule has 1 amide bonds. The topological polar surface area (TPSA) is 79.3 Å². The number of rotatable bonds is 9. The van der Waals surface area contributed by atoms with Gasteiger partial charge in [-0.05, 0) is 60.7 Å². The molecular formula is C29H34Cl2N2O5. The van der Waals surface area contributed by atoms with Gasteiger partial charge < -0.3 is 19.5 Å². The van der Waals surface area contributed by atoms with Gasteiger partial charge in [0.15, 0.2) is 0 Å². The van der Waals surface area contributed by atoms with E-state index >= 15 is 0 Å². The van der Waals surface area contributed by atoms with Gasteiger partial charge >= 0.3 is 0 Å². The fourth-order valence-corrected chi connectivity index (χ4v) is 5.11. The van der Waals surface area contributed by atoms with Crippen LogP contribution in [0.15, 0.2) is 42.0 Å². The second-order valence-electron chi connectivity index (χ2n) is 10.2. The molecule has 0 radical (unpaired) electrons. The van der Waals surface area contributed by atoms with Crippen molar-refractivity contribution in [3.8, 4) is 5.75 Å². The number of amides is 1. The summed E-state index contributed by atoms with van der Waals surface area (Å²) in [4.78, 5) is 30.4. The number of halogens is 2. The summed E-state index contributed by atoms with van der Waals surface area (Å²) in [7, 11) is 0. The maximum atomic E-state index is 13.3. The van der Waals surface area contributed by atoms with Crippen molar-refractivity contribution in [2.24, 2.45) is 5.92 Å². The van der Waals surface area contributed by atoms with Gasteiger partial charge in [-0.25, -0.2) is 0 Å². The van der Waals surface area contributed by atoms with E-state index in [1.54, 1.807) is 36.4 Å². The zero-order chi connectivity index (χ0) is 27.4. The van der Waals surface area contributed by atoms with E-state index in [4.69, 9.17) is 32.7 Å². The molecule has 0 aromatic heterocycles. The third-order valence-electron chi connectivity index (χ3n) is 6.80. The molecule has 2 aliphatic rings. The fraction of sp³-hybridized carbons (Fsp3) is 0.448. The van der Waals surface area contributed by atoms with Crippen molar-refractivity contribution in [3.05, 3.63) is 68.7 Å². The lowest BCUT2D eigenvalue weighted by atomic mass is 9.94. The van der Waals surface area contributed by atoms with Crippen LogP contribution in [0.2, 0.25) is 10.0 Å². The number of hydrogen-bond acceptors (Lipinski definition) is 6. The first-order chi connectivity index (χ1) is 18.2. The number of likely N-dealkylation sites (tertiary alicyclic amines) is 1. The van der Waals surface area contributed by atoms with Crippen molar-refractivity contribution >= 4 is 40.7 Å². The minimum absolute atomic E-state index is 0.0370. The first kappa shape index (κ1) is 28.4. The number of aliphatic hydroxyl groups excluding tert-OH is 1. The van der Waals surface area contributed by atoms with Crippen LogP contribution in [0.3, 0.4) is 0 Å². The van der Waals surface area contributed by atoms with Gasteiger partial charge in [-0.1, -0.05) is 43.1 Å². The number of morpholine rings is 1. The summed E-state index contributed by atoms with van der Waals surface area (Å²) in [5, 5.41) is 12.1. The van der Waals surface area contributed by atoms with Crippen LogP contribution in [0.1, 0.15) is 43.0 Å². The SMILES string of the molecule is Cc1cc(/C(O)=C2\C(=O)C(=O)N(CCCN3CCOCC3)[C@@H]2c2ccc(Cl)c(Cl)c2)ccc1OCC(C)C. The smallest absolute Gasteiger partial charge is 0.295 e. The third kappa shape index (κ3) is 6.34. The Hall–Kier alpha value is -2.58. The maximum absolute atomic E-state index is 13.3. The Morgan fingerprint density at radius 1 is 1.08 bits per heavy atom. The van der Waals surface area contributed by atoms with Gasteiger partial charge in [0.05, 0.1) is 41.5 Å². The Morgan fingerprint density at radius 2 is 1.82 bits per heavy atom.